The van der Waals surface area contributed by atoms with Crippen molar-refractivity contribution in [1.29, 1.82) is 0 Å². The van der Waals surface area contributed by atoms with Gasteiger partial charge in [-0.15, -0.1) is 0 Å². The number of rotatable bonds is 2. The third kappa shape index (κ3) is 2.16. The molecule has 0 radical (unpaired) electrons. The smallest absolute Gasteiger partial charge is 0.244 e. The monoisotopic (exact) mass is 216 g/mol. The Bertz CT molecular complexity index is 329. The molecule has 0 amide bonds. The molecule has 0 spiro atoms. The Morgan fingerprint density at radius 1 is 1.31 bits per heavy atom. The van der Waals surface area contributed by atoms with Gasteiger partial charge >= 0.3 is 0 Å². The molecule has 1 N–H and O–H groups in total. The highest BCUT2D eigenvalue weighted by atomic mass is 32.1. The molecule has 0 bridgehead atoms. The minimum Gasteiger partial charge on any atom is -0.340 e. The Kier molecular flexibility index (Phi) is 2.91. The summed E-state index contributed by atoms with van der Waals surface area (Å²) < 4.78 is 11.0. The summed E-state index contributed by atoms with van der Waals surface area (Å²) in [6, 6.07) is 8.61. The zero-order chi connectivity index (χ0) is 10.1. The van der Waals surface area contributed by atoms with E-state index in [0.29, 0.717) is 5.30 Å². The summed E-state index contributed by atoms with van der Waals surface area (Å²) in [4.78, 5) is 9.80. The topological polar surface area (TPSA) is 37.3 Å². The van der Waals surface area contributed by atoms with Crippen molar-refractivity contribution in [3.8, 4) is 0 Å². The SMILES string of the molecule is CC(C)(S)P(=O)(O)c1ccccc1. The number of hydrogen-bond acceptors (Lipinski definition) is 2. The van der Waals surface area contributed by atoms with Crippen LogP contribution in [0.15, 0.2) is 30.3 Å². The predicted octanol–water partition coefficient (Wildman–Crippen LogP) is 2.25. The van der Waals surface area contributed by atoms with Gasteiger partial charge in [-0.2, -0.15) is 12.6 Å². The highest BCUT2D eigenvalue weighted by Gasteiger charge is 2.37. The standard InChI is InChI=1S/C9H13O2PS/c1-9(2,13)12(10,11)8-6-4-3-5-7-8/h3-7,13H,1-2H3,(H,10,11). The van der Waals surface area contributed by atoms with Gasteiger partial charge in [0, 0.05) is 5.30 Å². The molecule has 1 aromatic carbocycles. The van der Waals surface area contributed by atoms with Crippen LogP contribution in [0.2, 0.25) is 0 Å². The number of hydrogen-bond donors (Lipinski definition) is 2. The maximum atomic E-state index is 11.9. The van der Waals surface area contributed by atoms with Crippen molar-refractivity contribution in [2.75, 3.05) is 0 Å². The van der Waals surface area contributed by atoms with E-state index in [1.807, 2.05) is 6.07 Å². The van der Waals surface area contributed by atoms with Crippen molar-refractivity contribution in [2.24, 2.45) is 0 Å². The van der Waals surface area contributed by atoms with Gasteiger partial charge in [0.1, 0.15) is 0 Å². The van der Waals surface area contributed by atoms with Gasteiger partial charge in [0.15, 0.2) is 0 Å². The fourth-order valence-electron chi connectivity index (χ4n) is 0.946. The molecular weight excluding hydrogens is 203 g/mol. The maximum absolute atomic E-state index is 11.9. The van der Waals surface area contributed by atoms with Gasteiger partial charge in [0.05, 0.1) is 4.49 Å². The normalized spacial score (nSPS) is 16.6. The van der Waals surface area contributed by atoms with Gasteiger partial charge in [-0.1, -0.05) is 18.2 Å². The molecule has 72 valence electrons. The molecule has 1 atom stereocenters. The lowest BCUT2D eigenvalue weighted by Gasteiger charge is -2.24. The van der Waals surface area contributed by atoms with Crippen LogP contribution in [0.25, 0.3) is 0 Å². The zero-order valence-corrected chi connectivity index (χ0v) is 9.43. The van der Waals surface area contributed by atoms with E-state index in [4.69, 9.17) is 0 Å². The molecule has 0 aliphatic carbocycles. The molecule has 0 aliphatic rings. The van der Waals surface area contributed by atoms with Crippen LogP contribution in [0, 0.1) is 0 Å². The Balaban J connectivity index is 3.17. The third-order valence-corrected chi connectivity index (χ3v) is 5.14. The van der Waals surface area contributed by atoms with Crippen LogP contribution in [-0.4, -0.2) is 9.38 Å². The van der Waals surface area contributed by atoms with Crippen LogP contribution >= 0.6 is 20.0 Å². The van der Waals surface area contributed by atoms with E-state index in [-0.39, 0.29) is 0 Å². The first-order valence-electron chi connectivity index (χ1n) is 3.96. The Morgan fingerprint density at radius 2 is 1.77 bits per heavy atom. The average molecular weight is 216 g/mol. The molecule has 4 heteroatoms. The van der Waals surface area contributed by atoms with Crippen LogP contribution in [0.4, 0.5) is 0 Å². The van der Waals surface area contributed by atoms with Crippen molar-refractivity contribution >= 4 is 25.3 Å². The lowest BCUT2D eigenvalue weighted by atomic mass is 10.4. The van der Waals surface area contributed by atoms with E-state index in [0.717, 1.165) is 0 Å². The first-order chi connectivity index (χ1) is 5.86. The van der Waals surface area contributed by atoms with Crippen LogP contribution in [0.1, 0.15) is 13.8 Å². The average Bonchev–Trinajstić information content (AvgIpc) is 2.04. The van der Waals surface area contributed by atoms with Gasteiger partial charge in [-0.05, 0) is 26.0 Å². The van der Waals surface area contributed by atoms with Gasteiger partial charge in [-0.3, -0.25) is 4.57 Å². The second kappa shape index (κ2) is 3.49. The zero-order valence-electron chi connectivity index (χ0n) is 7.64. The molecular formula is C9H13O2PS. The van der Waals surface area contributed by atoms with Gasteiger partial charge in [0.25, 0.3) is 0 Å². The summed E-state index contributed by atoms with van der Waals surface area (Å²) in [5.41, 5.74) is 0. The maximum Gasteiger partial charge on any atom is 0.244 e. The Morgan fingerprint density at radius 3 is 2.15 bits per heavy atom. The van der Waals surface area contributed by atoms with E-state index in [1.54, 1.807) is 38.1 Å². The van der Waals surface area contributed by atoms with Crippen molar-refractivity contribution in [3.63, 3.8) is 0 Å². The number of thiol groups is 1. The lowest BCUT2D eigenvalue weighted by Crippen LogP contribution is -2.20. The summed E-state index contributed by atoms with van der Waals surface area (Å²) >= 11 is 4.13. The van der Waals surface area contributed by atoms with Gasteiger partial charge in [0.2, 0.25) is 7.37 Å². The second-order valence-electron chi connectivity index (χ2n) is 3.41. The van der Waals surface area contributed by atoms with Crippen molar-refractivity contribution in [2.45, 2.75) is 18.3 Å². The Labute approximate surface area is 83.9 Å². The first kappa shape index (κ1) is 10.8. The largest absolute Gasteiger partial charge is 0.340 e. The number of benzene rings is 1. The minimum absolute atomic E-state index is 0.454. The molecule has 1 aromatic rings. The summed E-state index contributed by atoms with van der Waals surface area (Å²) in [5.74, 6) is 0. The van der Waals surface area contributed by atoms with E-state index in [1.165, 1.54) is 0 Å². The molecule has 0 saturated carbocycles. The minimum atomic E-state index is -3.36. The van der Waals surface area contributed by atoms with Crippen molar-refractivity contribution in [3.05, 3.63) is 30.3 Å². The molecule has 0 fully saturated rings. The quantitative estimate of drug-likeness (QED) is 0.587. The fourth-order valence-corrected chi connectivity index (χ4v) is 2.50. The Hall–Kier alpha value is -0.240. The van der Waals surface area contributed by atoms with E-state index in [2.05, 4.69) is 12.6 Å². The molecule has 0 aliphatic heterocycles. The summed E-state index contributed by atoms with van der Waals surface area (Å²) in [6.07, 6.45) is 0. The van der Waals surface area contributed by atoms with Crippen LogP contribution < -0.4 is 5.30 Å². The highest BCUT2D eigenvalue weighted by molar-refractivity contribution is 7.93. The third-order valence-electron chi connectivity index (χ3n) is 1.85. The van der Waals surface area contributed by atoms with Crippen molar-refractivity contribution < 1.29 is 9.46 Å². The molecule has 0 heterocycles. The van der Waals surface area contributed by atoms with Gasteiger partial charge < -0.3 is 4.89 Å². The second-order valence-corrected chi connectivity index (χ2v) is 7.66. The molecule has 0 aromatic heterocycles. The summed E-state index contributed by atoms with van der Waals surface area (Å²) in [5, 5.41) is 0.454. The lowest BCUT2D eigenvalue weighted by molar-refractivity contribution is 0.476. The summed E-state index contributed by atoms with van der Waals surface area (Å²) in [6.45, 7) is 3.29. The highest BCUT2D eigenvalue weighted by Crippen LogP contribution is 2.54. The molecule has 0 saturated heterocycles. The first-order valence-corrected chi connectivity index (χ1v) is 6.07. The van der Waals surface area contributed by atoms with E-state index < -0.39 is 11.9 Å². The molecule has 2 nitrogen and oxygen atoms in total. The fraction of sp³-hybridized carbons (Fsp3) is 0.333. The van der Waals surface area contributed by atoms with Crippen LogP contribution in [0.5, 0.6) is 0 Å². The molecule has 13 heavy (non-hydrogen) atoms. The van der Waals surface area contributed by atoms with Crippen molar-refractivity contribution in [1.82, 2.24) is 0 Å². The molecule has 1 rings (SSSR count). The van der Waals surface area contributed by atoms with E-state index in [9.17, 15) is 9.46 Å². The van der Waals surface area contributed by atoms with Crippen LogP contribution in [-0.2, 0) is 4.57 Å². The van der Waals surface area contributed by atoms with Crippen LogP contribution in [0.3, 0.4) is 0 Å². The van der Waals surface area contributed by atoms with E-state index >= 15 is 0 Å². The predicted molar refractivity (Wildman–Crippen MR) is 59.0 cm³/mol. The summed E-state index contributed by atoms with van der Waals surface area (Å²) in [7, 11) is -3.36. The molecule has 1 unspecified atom stereocenters. The van der Waals surface area contributed by atoms with Gasteiger partial charge in [-0.25, -0.2) is 0 Å².